The number of rotatable bonds is 6. The Labute approximate surface area is 198 Å². The van der Waals surface area contributed by atoms with Gasteiger partial charge in [-0.2, -0.15) is 0 Å². The summed E-state index contributed by atoms with van der Waals surface area (Å²) in [4.78, 5) is 16.8. The average molecular weight is 460 g/mol. The molecule has 0 radical (unpaired) electrons. The van der Waals surface area contributed by atoms with Gasteiger partial charge >= 0.3 is 0 Å². The molecule has 168 valence electrons. The molecule has 1 heterocycles. The molecule has 33 heavy (non-hydrogen) atoms. The van der Waals surface area contributed by atoms with Gasteiger partial charge in [-0.3, -0.25) is 10.1 Å². The predicted molar refractivity (Wildman–Crippen MR) is 135 cm³/mol. The van der Waals surface area contributed by atoms with Crippen molar-refractivity contribution in [3.63, 3.8) is 0 Å². The van der Waals surface area contributed by atoms with Crippen LogP contribution < -0.4 is 15.4 Å². The molecule has 0 saturated heterocycles. The number of aryl methyl sites for hydroxylation is 1. The van der Waals surface area contributed by atoms with E-state index in [2.05, 4.69) is 41.6 Å². The summed E-state index contributed by atoms with van der Waals surface area (Å²) in [5.41, 5.74) is 5.42. The van der Waals surface area contributed by atoms with E-state index < -0.39 is 0 Å². The van der Waals surface area contributed by atoms with Gasteiger partial charge in [-0.15, -0.1) is 0 Å². The van der Waals surface area contributed by atoms with Crippen molar-refractivity contribution in [3.05, 3.63) is 77.9 Å². The summed E-state index contributed by atoms with van der Waals surface area (Å²) in [5.74, 6) is 1.22. The van der Waals surface area contributed by atoms with Crippen molar-refractivity contribution in [2.45, 2.75) is 26.7 Å². The topological polar surface area (TPSA) is 76.4 Å². The van der Waals surface area contributed by atoms with Crippen LogP contribution in [0.4, 0.5) is 5.69 Å². The first-order chi connectivity index (χ1) is 15.9. The summed E-state index contributed by atoms with van der Waals surface area (Å²) in [6.07, 6.45) is 0. The van der Waals surface area contributed by atoms with E-state index >= 15 is 0 Å². The summed E-state index contributed by atoms with van der Waals surface area (Å²) in [5, 5.41) is 5.83. The van der Waals surface area contributed by atoms with Crippen LogP contribution in [-0.2, 0) is 4.79 Å². The van der Waals surface area contributed by atoms with Crippen LogP contribution >= 0.6 is 12.2 Å². The van der Waals surface area contributed by atoms with Crippen LogP contribution in [0.15, 0.2) is 71.1 Å². The normalized spacial score (nSPS) is 10.9. The summed E-state index contributed by atoms with van der Waals surface area (Å²) < 4.78 is 11.4. The molecule has 1 amide bonds. The van der Waals surface area contributed by atoms with E-state index in [0.717, 1.165) is 22.2 Å². The van der Waals surface area contributed by atoms with Crippen LogP contribution in [0.2, 0.25) is 0 Å². The van der Waals surface area contributed by atoms with Crippen LogP contribution in [0.25, 0.3) is 22.6 Å². The highest BCUT2D eigenvalue weighted by molar-refractivity contribution is 7.80. The van der Waals surface area contributed by atoms with Crippen LogP contribution in [0, 0.1) is 6.92 Å². The SMILES string of the molecule is Cc1ccc(OCC(=O)NC(=S)Nc2cccc(-c3nc4cc(C(C)C)ccc4o3)c2)cc1. The first-order valence-electron chi connectivity index (χ1n) is 10.7. The Kier molecular flexibility index (Phi) is 6.70. The fourth-order valence-electron chi connectivity index (χ4n) is 3.27. The number of benzene rings is 3. The van der Waals surface area contributed by atoms with Gasteiger partial charge in [0, 0.05) is 11.3 Å². The quantitative estimate of drug-likeness (QED) is 0.354. The maximum absolute atomic E-state index is 12.2. The fraction of sp³-hybridized carbons (Fsp3) is 0.192. The third-order valence-electron chi connectivity index (χ3n) is 5.09. The number of nitrogens with zero attached hydrogens (tertiary/aromatic N) is 1. The number of carbonyl (C=O) groups is 1. The highest BCUT2D eigenvalue weighted by atomic mass is 32.1. The Morgan fingerprint density at radius 3 is 2.64 bits per heavy atom. The lowest BCUT2D eigenvalue weighted by Crippen LogP contribution is -2.37. The molecular formula is C26H25N3O3S. The van der Waals surface area contributed by atoms with E-state index in [4.69, 9.17) is 21.4 Å². The van der Waals surface area contributed by atoms with Crippen LogP contribution in [0.5, 0.6) is 5.75 Å². The van der Waals surface area contributed by atoms with Gasteiger partial charge in [0.25, 0.3) is 5.91 Å². The molecule has 0 aliphatic heterocycles. The maximum atomic E-state index is 12.2. The molecule has 0 atom stereocenters. The minimum absolute atomic E-state index is 0.133. The molecule has 0 aliphatic carbocycles. The Hall–Kier alpha value is -3.71. The van der Waals surface area contributed by atoms with Gasteiger partial charge in [-0.1, -0.05) is 43.7 Å². The standard InChI is InChI=1S/C26H25N3O3S/c1-16(2)18-9-12-23-22(14-18)28-25(32-23)19-5-4-6-20(13-19)27-26(33)29-24(30)15-31-21-10-7-17(3)8-11-21/h4-14,16H,15H2,1-3H3,(H2,27,29,30,33). The minimum atomic E-state index is -0.343. The van der Waals surface area contributed by atoms with Crippen LogP contribution in [0.3, 0.4) is 0 Å². The second-order valence-electron chi connectivity index (χ2n) is 8.09. The van der Waals surface area contributed by atoms with Crippen molar-refractivity contribution in [1.82, 2.24) is 10.3 Å². The van der Waals surface area contributed by atoms with Gasteiger partial charge in [0.15, 0.2) is 17.3 Å². The zero-order valence-corrected chi connectivity index (χ0v) is 19.5. The highest BCUT2D eigenvalue weighted by Crippen LogP contribution is 2.28. The lowest BCUT2D eigenvalue weighted by molar-refractivity contribution is -0.121. The number of fused-ring (bicyclic) bond motifs is 1. The van der Waals surface area contributed by atoms with Crippen LogP contribution in [-0.4, -0.2) is 22.6 Å². The van der Waals surface area contributed by atoms with E-state index in [1.807, 2.05) is 61.5 Å². The van der Waals surface area contributed by atoms with Gasteiger partial charge in [-0.05, 0) is 73.1 Å². The molecular weight excluding hydrogens is 434 g/mol. The number of thiocarbonyl (C=S) groups is 1. The van der Waals surface area contributed by atoms with E-state index in [-0.39, 0.29) is 17.6 Å². The summed E-state index contributed by atoms with van der Waals surface area (Å²) in [7, 11) is 0. The van der Waals surface area contributed by atoms with Crippen molar-refractivity contribution in [3.8, 4) is 17.2 Å². The first kappa shape index (κ1) is 22.5. The summed E-state index contributed by atoms with van der Waals surface area (Å²) in [6, 6.07) is 21.1. The number of oxazole rings is 1. The van der Waals surface area contributed by atoms with E-state index in [0.29, 0.717) is 23.2 Å². The molecule has 0 fully saturated rings. The van der Waals surface area contributed by atoms with Gasteiger partial charge in [0.1, 0.15) is 11.3 Å². The second kappa shape index (κ2) is 9.83. The van der Waals surface area contributed by atoms with Gasteiger partial charge in [-0.25, -0.2) is 4.98 Å². The maximum Gasteiger partial charge on any atom is 0.264 e. The predicted octanol–water partition coefficient (Wildman–Crippen LogP) is 5.82. The number of anilines is 1. The lowest BCUT2D eigenvalue weighted by atomic mass is 10.0. The Morgan fingerprint density at radius 2 is 1.88 bits per heavy atom. The summed E-state index contributed by atoms with van der Waals surface area (Å²) >= 11 is 5.27. The molecule has 7 heteroatoms. The number of nitrogens with one attached hydrogen (secondary N) is 2. The molecule has 2 N–H and O–H groups in total. The van der Waals surface area contributed by atoms with Crippen molar-refractivity contribution < 1.29 is 13.9 Å². The third-order valence-corrected chi connectivity index (χ3v) is 5.29. The zero-order valence-electron chi connectivity index (χ0n) is 18.7. The largest absolute Gasteiger partial charge is 0.484 e. The fourth-order valence-corrected chi connectivity index (χ4v) is 3.50. The number of ether oxygens (including phenoxy) is 1. The molecule has 6 nitrogen and oxygen atoms in total. The van der Waals surface area contributed by atoms with Crippen molar-refractivity contribution in [2.75, 3.05) is 11.9 Å². The molecule has 1 aromatic heterocycles. The van der Waals surface area contributed by atoms with E-state index in [9.17, 15) is 4.79 Å². The smallest absolute Gasteiger partial charge is 0.264 e. The van der Waals surface area contributed by atoms with Crippen LogP contribution in [0.1, 0.15) is 30.9 Å². The molecule has 0 unspecified atom stereocenters. The Morgan fingerprint density at radius 1 is 1.09 bits per heavy atom. The minimum Gasteiger partial charge on any atom is -0.484 e. The number of hydrogen-bond donors (Lipinski definition) is 2. The highest BCUT2D eigenvalue weighted by Gasteiger charge is 2.12. The number of amides is 1. The Balaban J connectivity index is 1.38. The molecule has 4 aromatic rings. The molecule has 0 spiro atoms. The number of carbonyl (C=O) groups excluding carboxylic acids is 1. The first-order valence-corrected chi connectivity index (χ1v) is 11.1. The average Bonchev–Trinajstić information content (AvgIpc) is 3.22. The monoisotopic (exact) mass is 459 g/mol. The third kappa shape index (κ3) is 5.75. The molecule has 0 bridgehead atoms. The van der Waals surface area contributed by atoms with Crippen molar-refractivity contribution in [1.29, 1.82) is 0 Å². The van der Waals surface area contributed by atoms with Gasteiger partial charge < -0.3 is 14.5 Å². The van der Waals surface area contributed by atoms with Gasteiger partial charge in [0.05, 0.1) is 0 Å². The molecule has 4 rings (SSSR count). The second-order valence-corrected chi connectivity index (χ2v) is 8.49. The Bertz CT molecular complexity index is 1300. The van der Waals surface area contributed by atoms with E-state index in [1.165, 1.54) is 5.56 Å². The lowest BCUT2D eigenvalue weighted by Gasteiger charge is -2.11. The van der Waals surface area contributed by atoms with E-state index in [1.54, 1.807) is 0 Å². The molecule has 0 aliphatic rings. The number of aromatic nitrogens is 1. The summed E-state index contributed by atoms with van der Waals surface area (Å²) in [6.45, 7) is 6.15. The molecule has 3 aromatic carbocycles. The van der Waals surface area contributed by atoms with Crippen molar-refractivity contribution in [2.24, 2.45) is 0 Å². The molecule has 0 saturated carbocycles. The van der Waals surface area contributed by atoms with Crippen molar-refractivity contribution >= 4 is 40.0 Å². The van der Waals surface area contributed by atoms with Gasteiger partial charge in [0.2, 0.25) is 5.89 Å². The number of hydrogen-bond acceptors (Lipinski definition) is 5. The zero-order chi connectivity index (χ0) is 23.4.